The number of hydrogen-bond donors (Lipinski definition) is 1. The number of nitriles is 1. The second-order valence-corrected chi connectivity index (χ2v) is 4.73. The molecule has 1 aromatic rings. The fourth-order valence-corrected chi connectivity index (χ4v) is 2.28. The van der Waals surface area contributed by atoms with E-state index in [4.69, 9.17) is 5.26 Å². The summed E-state index contributed by atoms with van der Waals surface area (Å²) in [6.45, 7) is 3.55. The van der Waals surface area contributed by atoms with Gasteiger partial charge < -0.3 is 0 Å². The minimum absolute atomic E-state index is 0.0556. The highest BCUT2D eigenvalue weighted by molar-refractivity contribution is 7.89. The Morgan fingerprint density at radius 1 is 1.50 bits per heavy atom. The van der Waals surface area contributed by atoms with Gasteiger partial charge >= 0.3 is 0 Å². The van der Waals surface area contributed by atoms with Crippen LogP contribution in [0.5, 0.6) is 0 Å². The lowest BCUT2D eigenvalue weighted by atomic mass is 10.2. The zero-order valence-electron chi connectivity index (χ0n) is 9.02. The normalized spacial score (nSPS) is 11.1. The zero-order valence-corrected chi connectivity index (χ0v) is 9.84. The van der Waals surface area contributed by atoms with Crippen molar-refractivity contribution in [2.75, 3.05) is 6.61 Å². The minimum atomic E-state index is -3.71. The third-order valence-electron chi connectivity index (χ3n) is 1.92. The van der Waals surface area contributed by atoms with Crippen LogP contribution < -0.4 is 4.89 Å². The maximum Gasteiger partial charge on any atom is 0.262 e. The van der Waals surface area contributed by atoms with Crippen molar-refractivity contribution in [3.63, 3.8) is 0 Å². The molecule has 1 N–H and O–H groups in total. The largest absolute Gasteiger partial charge is 0.287 e. The van der Waals surface area contributed by atoms with E-state index in [9.17, 15) is 8.42 Å². The van der Waals surface area contributed by atoms with Gasteiger partial charge in [-0.2, -0.15) is 5.26 Å². The number of rotatable bonds is 4. The Morgan fingerprint density at radius 2 is 2.19 bits per heavy atom. The van der Waals surface area contributed by atoms with E-state index in [0.29, 0.717) is 11.1 Å². The van der Waals surface area contributed by atoms with Crippen molar-refractivity contribution < 1.29 is 13.3 Å². The van der Waals surface area contributed by atoms with Gasteiger partial charge in [0, 0.05) is 0 Å². The van der Waals surface area contributed by atoms with Gasteiger partial charge in [-0.25, -0.2) is 8.42 Å². The van der Waals surface area contributed by atoms with Gasteiger partial charge in [0.1, 0.15) is 0 Å². The molecule has 0 unspecified atom stereocenters. The summed E-state index contributed by atoms with van der Waals surface area (Å²) >= 11 is 0. The number of hydrogen-bond acceptors (Lipinski definition) is 4. The molecule has 0 amide bonds. The van der Waals surface area contributed by atoms with Crippen LogP contribution in [0, 0.1) is 18.3 Å². The first-order valence-electron chi connectivity index (χ1n) is 4.65. The number of sulfonamides is 1. The summed E-state index contributed by atoms with van der Waals surface area (Å²) < 4.78 is 23.5. The zero-order chi connectivity index (χ0) is 12.2. The second-order valence-electron chi connectivity index (χ2n) is 3.11. The Balaban J connectivity index is 3.17. The van der Waals surface area contributed by atoms with Gasteiger partial charge in [-0.1, -0.05) is 11.0 Å². The molecule has 0 bridgehead atoms. The predicted octanol–water partition coefficient (Wildman–Crippen LogP) is 1.10. The summed E-state index contributed by atoms with van der Waals surface area (Å²) in [7, 11) is -3.71. The fraction of sp³-hybridized carbons (Fsp3) is 0.300. The molecule has 0 saturated carbocycles. The van der Waals surface area contributed by atoms with Crippen LogP contribution in [0.1, 0.15) is 18.1 Å². The average molecular weight is 240 g/mol. The molecule has 16 heavy (non-hydrogen) atoms. The molecule has 0 aliphatic carbocycles. The van der Waals surface area contributed by atoms with E-state index in [1.54, 1.807) is 26.0 Å². The number of nitrogens with one attached hydrogen (secondary N) is 1. The van der Waals surface area contributed by atoms with E-state index >= 15 is 0 Å². The first-order chi connectivity index (χ1) is 7.51. The van der Waals surface area contributed by atoms with Crippen LogP contribution in [0.15, 0.2) is 23.1 Å². The molecule has 0 aromatic heterocycles. The molecule has 0 heterocycles. The molecule has 0 aliphatic heterocycles. The maximum atomic E-state index is 11.7. The van der Waals surface area contributed by atoms with Crippen LogP contribution in [-0.2, 0) is 14.9 Å². The lowest BCUT2D eigenvalue weighted by Gasteiger charge is -2.08. The number of aryl methyl sites for hydroxylation is 1. The van der Waals surface area contributed by atoms with Crippen molar-refractivity contribution in [2.24, 2.45) is 0 Å². The van der Waals surface area contributed by atoms with Crippen LogP contribution in [0.4, 0.5) is 0 Å². The summed E-state index contributed by atoms with van der Waals surface area (Å²) in [4.78, 5) is 6.70. The third-order valence-corrected chi connectivity index (χ3v) is 3.28. The second kappa shape index (κ2) is 5.07. The summed E-state index contributed by atoms with van der Waals surface area (Å²) in [5.74, 6) is 0. The van der Waals surface area contributed by atoms with Crippen molar-refractivity contribution in [3.05, 3.63) is 29.3 Å². The summed E-state index contributed by atoms with van der Waals surface area (Å²) in [6.07, 6.45) is 0. The Kier molecular flexibility index (Phi) is 4.01. The standard InChI is InChI=1S/C10H12N2O3S/c1-3-15-12-16(13,14)10-6-9(7-11)5-4-8(10)2/h4-6,12H,3H2,1-2H3. The highest BCUT2D eigenvalue weighted by Crippen LogP contribution is 2.16. The van der Waals surface area contributed by atoms with Crippen LogP contribution in [0.2, 0.25) is 0 Å². The van der Waals surface area contributed by atoms with Crippen LogP contribution in [0.25, 0.3) is 0 Å². The van der Waals surface area contributed by atoms with Gasteiger partial charge in [0.15, 0.2) is 0 Å². The lowest BCUT2D eigenvalue weighted by Crippen LogP contribution is -2.24. The Labute approximate surface area is 94.7 Å². The minimum Gasteiger partial charge on any atom is -0.287 e. The number of benzene rings is 1. The van der Waals surface area contributed by atoms with E-state index in [0.717, 1.165) is 0 Å². The van der Waals surface area contributed by atoms with Crippen molar-refractivity contribution in [1.29, 1.82) is 5.26 Å². The van der Waals surface area contributed by atoms with E-state index in [-0.39, 0.29) is 11.5 Å². The van der Waals surface area contributed by atoms with E-state index in [1.165, 1.54) is 6.07 Å². The average Bonchev–Trinajstić information content (AvgIpc) is 2.27. The van der Waals surface area contributed by atoms with Crippen molar-refractivity contribution >= 4 is 10.0 Å². The van der Waals surface area contributed by atoms with Gasteiger partial charge in [-0.05, 0) is 31.5 Å². The highest BCUT2D eigenvalue weighted by atomic mass is 32.2. The van der Waals surface area contributed by atoms with Gasteiger partial charge in [0.25, 0.3) is 10.0 Å². The molecular weight excluding hydrogens is 228 g/mol. The van der Waals surface area contributed by atoms with Gasteiger partial charge in [0.05, 0.1) is 23.1 Å². The predicted molar refractivity (Wildman–Crippen MR) is 57.8 cm³/mol. The van der Waals surface area contributed by atoms with Gasteiger partial charge in [-0.3, -0.25) is 4.84 Å². The maximum absolute atomic E-state index is 11.7. The Bertz CT molecular complexity index is 517. The fourth-order valence-electron chi connectivity index (χ4n) is 1.14. The van der Waals surface area contributed by atoms with Crippen molar-refractivity contribution in [3.8, 4) is 6.07 Å². The Hall–Kier alpha value is -1.42. The molecule has 0 aliphatic rings. The van der Waals surface area contributed by atoms with Crippen molar-refractivity contribution in [1.82, 2.24) is 4.89 Å². The van der Waals surface area contributed by atoms with Crippen LogP contribution in [-0.4, -0.2) is 15.0 Å². The lowest BCUT2D eigenvalue weighted by molar-refractivity contribution is 0.105. The van der Waals surface area contributed by atoms with Crippen LogP contribution in [0.3, 0.4) is 0 Å². The molecule has 6 heteroatoms. The van der Waals surface area contributed by atoms with E-state index in [1.807, 2.05) is 11.0 Å². The number of nitrogens with zero attached hydrogens (tertiary/aromatic N) is 1. The molecule has 86 valence electrons. The van der Waals surface area contributed by atoms with Gasteiger partial charge in [-0.15, -0.1) is 0 Å². The van der Waals surface area contributed by atoms with Gasteiger partial charge in [0.2, 0.25) is 0 Å². The molecule has 0 saturated heterocycles. The van der Waals surface area contributed by atoms with Crippen molar-refractivity contribution in [2.45, 2.75) is 18.7 Å². The smallest absolute Gasteiger partial charge is 0.262 e. The monoisotopic (exact) mass is 240 g/mol. The molecule has 1 aromatic carbocycles. The Morgan fingerprint density at radius 3 is 2.75 bits per heavy atom. The molecular formula is C10H12N2O3S. The molecule has 0 spiro atoms. The van der Waals surface area contributed by atoms with E-state index < -0.39 is 10.0 Å². The molecule has 5 nitrogen and oxygen atoms in total. The highest BCUT2D eigenvalue weighted by Gasteiger charge is 2.17. The van der Waals surface area contributed by atoms with E-state index in [2.05, 4.69) is 4.84 Å². The topological polar surface area (TPSA) is 79.2 Å². The first kappa shape index (κ1) is 12.6. The summed E-state index contributed by atoms with van der Waals surface area (Å²) in [5, 5.41) is 8.70. The molecule has 0 radical (unpaired) electrons. The first-order valence-corrected chi connectivity index (χ1v) is 6.14. The molecule has 0 fully saturated rings. The molecule has 1 rings (SSSR count). The summed E-state index contributed by atoms with van der Waals surface area (Å²) in [6, 6.07) is 6.35. The molecule has 0 atom stereocenters. The third kappa shape index (κ3) is 2.79. The summed E-state index contributed by atoms with van der Waals surface area (Å²) in [5.41, 5.74) is 0.855. The van der Waals surface area contributed by atoms with Crippen LogP contribution >= 0.6 is 0 Å². The SMILES string of the molecule is CCONS(=O)(=O)c1cc(C#N)ccc1C. The quantitative estimate of drug-likeness (QED) is 0.799.